The van der Waals surface area contributed by atoms with E-state index in [0.717, 1.165) is 11.0 Å². The monoisotopic (exact) mass is 359 g/mol. The van der Waals surface area contributed by atoms with E-state index in [2.05, 4.69) is 26.6 Å². The zero-order valence-corrected chi connectivity index (χ0v) is 12.2. The molecule has 1 heterocycles. The zero-order chi connectivity index (χ0) is 15.6. The Kier molecular flexibility index (Phi) is 4.41. The van der Waals surface area contributed by atoms with Gasteiger partial charge in [-0.1, -0.05) is 6.07 Å². The van der Waals surface area contributed by atoms with E-state index in [1.54, 1.807) is 0 Å². The molecule has 0 bridgehead atoms. The summed E-state index contributed by atoms with van der Waals surface area (Å²) >= 11 is 3.09. The Bertz CT molecular complexity index is 590. The van der Waals surface area contributed by atoms with Crippen molar-refractivity contribution >= 4 is 39.5 Å². The van der Waals surface area contributed by atoms with E-state index in [4.69, 9.17) is 5.11 Å². The number of nitrogens with one attached hydrogen (secondary N) is 2. The maximum absolute atomic E-state index is 13.7. The van der Waals surface area contributed by atoms with Crippen LogP contribution in [0, 0.1) is 5.82 Å². The van der Waals surface area contributed by atoms with E-state index < -0.39 is 36.3 Å². The number of amides is 3. The number of piperazine rings is 1. The second-order valence-electron chi connectivity index (χ2n) is 4.31. The van der Waals surface area contributed by atoms with Crippen LogP contribution in [-0.4, -0.2) is 47.0 Å². The molecule has 1 aliphatic rings. The zero-order valence-electron chi connectivity index (χ0n) is 10.6. The van der Waals surface area contributed by atoms with E-state index in [1.807, 2.05) is 0 Å². The van der Waals surface area contributed by atoms with Crippen LogP contribution in [-0.2, 0) is 9.59 Å². The minimum absolute atomic E-state index is 0.113. The summed E-state index contributed by atoms with van der Waals surface area (Å²) in [5.41, 5.74) is -0.113. The largest absolute Gasteiger partial charge is 0.480 e. The van der Waals surface area contributed by atoms with Gasteiger partial charge in [-0.3, -0.25) is 9.69 Å². The molecule has 0 saturated carbocycles. The fourth-order valence-electron chi connectivity index (χ4n) is 1.87. The molecule has 2 rings (SSSR count). The summed E-state index contributed by atoms with van der Waals surface area (Å²) in [5, 5.41) is 13.7. The number of para-hydroxylation sites is 1. The number of aliphatic carboxylic acids is 1. The molecule has 3 amide bonds. The Hall–Kier alpha value is -2.16. The number of halogens is 2. The minimum atomic E-state index is -1.25. The highest BCUT2D eigenvalue weighted by atomic mass is 79.9. The first kappa shape index (κ1) is 15.2. The summed E-state index contributed by atoms with van der Waals surface area (Å²) in [7, 11) is 0. The smallest absolute Gasteiger partial charge is 0.328 e. The van der Waals surface area contributed by atoms with Crippen LogP contribution in [0.3, 0.4) is 0 Å². The average molecular weight is 360 g/mol. The Morgan fingerprint density at radius 3 is 2.81 bits per heavy atom. The molecule has 112 valence electrons. The summed E-state index contributed by atoms with van der Waals surface area (Å²) in [6.07, 6.45) is 0. The van der Waals surface area contributed by atoms with Crippen LogP contribution in [0.5, 0.6) is 0 Å². The van der Waals surface area contributed by atoms with Gasteiger partial charge in [-0.05, 0) is 28.1 Å². The molecule has 7 nitrogen and oxygen atoms in total. The fourth-order valence-corrected chi connectivity index (χ4v) is 2.31. The predicted octanol–water partition coefficient (Wildman–Crippen LogP) is 1.01. The number of rotatable bonds is 2. The Morgan fingerprint density at radius 2 is 2.19 bits per heavy atom. The minimum Gasteiger partial charge on any atom is -0.480 e. The molecular weight excluding hydrogens is 349 g/mol. The van der Waals surface area contributed by atoms with E-state index in [0.29, 0.717) is 4.47 Å². The van der Waals surface area contributed by atoms with E-state index in [9.17, 15) is 18.8 Å². The van der Waals surface area contributed by atoms with Crippen LogP contribution >= 0.6 is 15.9 Å². The number of hydrogen-bond acceptors (Lipinski definition) is 3. The van der Waals surface area contributed by atoms with Crippen LogP contribution in [0.25, 0.3) is 0 Å². The average Bonchev–Trinajstić information content (AvgIpc) is 2.42. The molecule has 21 heavy (non-hydrogen) atoms. The summed E-state index contributed by atoms with van der Waals surface area (Å²) in [4.78, 5) is 35.4. The van der Waals surface area contributed by atoms with Gasteiger partial charge in [0, 0.05) is 11.0 Å². The molecule has 1 aromatic carbocycles. The van der Waals surface area contributed by atoms with Gasteiger partial charge in [0.25, 0.3) is 0 Å². The van der Waals surface area contributed by atoms with Crippen molar-refractivity contribution < 1.29 is 23.9 Å². The molecule has 1 atom stereocenters. The van der Waals surface area contributed by atoms with E-state index >= 15 is 0 Å². The molecule has 9 heteroatoms. The Morgan fingerprint density at radius 1 is 1.48 bits per heavy atom. The number of carbonyl (C=O) groups excluding carboxylic acids is 2. The molecule has 1 fully saturated rings. The lowest BCUT2D eigenvalue weighted by molar-refractivity contribution is -0.144. The summed E-state index contributed by atoms with van der Waals surface area (Å²) in [6.45, 7) is -0.602. The number of anilines is 1. The molecule has 1 aliphatic heterocycles. The number of carboxylic acid groups (broad SMARTS) is 1. The fraction of sp³-hybridized carbons (Fsp3) is 0.250. The van der Waals surface area contributed by atoms with Crippen molar-refractivity contribution in [1.82, 2.24) is 10.2 Å². The van der Waals surface area contributed by atoms with Crippen molar-refractivity contribution in [3.05, 3.63) is 28.5 Å². The maximum atomic E-state index is 13.7. The quantitative estimate of drug-likeness (QED) is 0.733. The van der Waals surface area contributed by atoms with Crippen molar-refractivity contribution in [3.8, 4) is 0 Å². The number of hydrogen-bond donors (Lipinski definition) is 3. The van der Waals surface area contributed by atoms with E-state index in [-0.39, 0.29) is 12.2 Å². The molecule has 1 saturated heterocycles. The van der Waals surface area contributed by atoms with Crippen molar-refractivity contribution in [3.63, 3.8) is 0 Å². The standard InChI is InChI=1S/C12H11BrFN3O4/c13-6-2-1-3-7(14)10(6)16-12(21)17-5-9(18)15-4-8(17)11(19)20/h1-3,8H,4-5H2,(H,15,18)(H,16,21)(H,19,20). The number of carbonyl (C=O) groups is 3. The molecule has 1 aromatic rings. The van der Waals surface area contributed by atoms with Gasteiger partial charge in [0.05, 0.1) is 5.69 Å². The van der Waals surface area contributed by atoms with Crippen LogP contribution in [0.15, 0.2) is 22.7 Å². The van der Waals surface area contributed by atoms with Gasteiger partial charge in [-0.2, -0.15) is 0 Å². The second-order valence-corrected chi connectivity index (χ2v) is 5.17. The first-order valence-electron chi connectivity index (χ1n) is 5.91. The lowest BCUT2D eigenvalue weighted by Crippen LogP contribution is -2.60. The van der Waals surface area contributed by atoms with Gasteiger partial charge in [0.1, 0.15) is 18.4 Å². The highest BCUT2D eigenvalue weighted by molar-refractivity contribution is 9.10. The molecule has 0 spiro atoms. The third-order valence-electron chi connectivity index (χ3n) is 2.92. The predicted molar refractivity (Wildman–Crippen MR) is 74.3 cm³/mol. The van der Waals surface area contributed by atoms with E-state index in [1.165, 1.54) is 12.1 Å². The Balaban J connectivity index is 2.21. The van der Waals surface area contributed by atoms with Crippen molar-refractivity contribution in [1.29, 1.82) is 0 Å². The van der Waals surface area contributed by atoms with Gasteiger partial charge in [0.15, 0.2) is 0 Å². The third kappa shape index (κ3) is 3.30. The summed E-state index contributed by atoms with van der Waals surface area (Å²) in [5.74, 6) is -2.40. The summed E-state index contributed by atoms with van der Waals surface area (Å²) < 4.78 is 14.0. The topological polar surface area (TPSA) is 98.7 Å². The highest BCUT2D eigenvalue weighted by Crippen LogP contribution is 2.25. The third-order valence-corrected chi connectivity index (χ3v) is 3.58. The SMILES string of the molecule is O=C1CN(C(=O)Nc2c(F)cccc2Br)C(C(=O)O)CN1. The normalized spacial score (nSPS) is 18.1. The van der Waals surface area contributed by atoms with Crippen LogP contribution in [0.2, 0.25) is 0 Å². The van der Waals surface area contributed by atoms with Crippen molar-refractivity contribution in [2.75, 3.05) is 18.4 Å². The molecule has 0 aromatic heterocycles. The van der Waals surface area contributed by atoms with Crippen molar-refractivity contribution in [2.24, 2.45) is 0 Å². The number of carboxylic acids is 1. The lowest BCUT2D eigenvalue weighted by atomic mass is 10.2. The molecule has 3 N–H and O–H groups in total. The van der Waals surface area contributed by atoms with Crippen LogP contribution in [0.4, 0.5) is 14.9 Å². The van der Waals surface area contributed by atoms with Gasteiger partial charge in [0.2, 0.25) is 5.91 Å². The highest BCUT2D eigenvalue weighted by Gasteiger charge is 2.35. The first-order chi connectivity index (χ1) is 9.90. The van der Waals surface area contributed by atoms with Gasteiger partial charge in [-0.15, -0.1) is 0 Å². The number of nitrogens with zero attached hydrogens (tertiary/aromatic N) is 1. The number of urea groups is 1. The number of benzene rings is 1. The molecular formula is C12H11BrFN3O4. The van der Waals surface area contributed by atoms with Gasteiger partial charge >= 0.3 is 12.0 Å². The molecule has 1 unspecified atom stereocenters. The maximum Gasteiger partial charge on any atom is 0.328 e. The van der Waals surface area contributed by atoms with Crippen LogP contribution in [0.1, 0.15) is 0 Å². The lowest BCUT2D eigenvalue weighted by Gasteiger charge is -2.32. The van der Waals surface area contributed by atoms with Crippen LogP contribution < -0.4 is 10.6 Å². The Labute approximate surface area is 127 Å². The van der Waals surface area contributed by atoms with Gasteiger partial charge < -0.3 is 15.7 Å². The summed E-state index contributed by atoms with van der Waals surface area (Å²) in [6, 6.07) is 2.06. The molecule has 0 radical (unpaired) electrons. The van der Waals surface area contributed by atoms with Gasteiger partial charge in [-0.25, -0.2) is 14.0 Å². The van der Waals surface area contributed by atoms with Crippen molar-refractivity contribution in [2.45, 2.75) is 6.04 Å². The second kappa shape index (κ2) is 6.08. The molecule has 0 aliphatic carbocycles. The first-order valence-corrected chi connectivity index (χ1v) is 6.70.